The molecule has 7 heteroatoms. The van der Waals surface area contributed by atoms with Crippen LogP contribution in [0.4, 0.5) is 5.69 Å². The smallest absolute Gasteiger partial charge is 0.264 e. The highest BCUT2D eigenvalue weighted by atomic mass is 127. The summed E-state index contributed by atoms with van der Waals surface area (Å²) in [7, 11) is 1.62. The average molecular weight is 492 g/mol. The van der Waals surface area contributed by atoms with E-state index in [2.05, 4.69) is 39.5 Å². The van der Waals surface area contributed by atoms with E-state index in [-0.39, 0.29) is 5.91 Å². The number of benzene rings is 2. The number of amides is 1. The van der Waals surface area contributed by atoms with Crippen molar-refractivity contribution in [3.63, 3.8) is 0 Å². The number of hydrogen-bond acceptors (Lipinski definition) is 5. The second kappa shape index (κ2) is 9.09. The number of nitrogens with one attached hydrogen (secondary N) is 1. The van der Waals surface area contributed by atoms with E-state index in [4.69, 9.17) is 9.47 Å². The molecule has 3 rings (SSSR count). The van der Waals surface area contributed by atoms with Gasteiger partial charge in [0.2, 0.25) is 0 Å². The first-order chi connectivity index (χ1) is 13.1. The second-order valence-corrected chi connectivity index (χ2v) is 7.66. The van der Waals surface area contributed by atoms with E-state index < -0.39 is 0 Å². The number of rotatable bonds is 6. The van der Waals surface area contributed by atoms with Crippen molar-refractivity contribution in [2.75, 3.05) is 13.7 Å². The Hall–Kier alpha value is -2.26. The van der Waals surface area contributed by atoms with Gasteiger partial charge in [0.15, 0.2) is 5.17 Å². The molecule has 138 valence electrons. The molecule has 1 N–H and O–H groups in total. The summed E-state index contributed by atoms with van der Waals surface area (Å²) in [6.45, 7) is 4.10. The molecule has 0 aliphatic carbocycles. The van der Waals surface area contributed by atoms with E-state index >= 15 is 0 Å². The van der Waals surface area contributed by atoms with Crippen LogP contribution in [0.3, 0.4) is 0 Å². The Bertz CT molecular complexity index is 923. The summed E-state index contributed by atoms with van der Waals surface area (Å²) in [5, 5.41) is 3.34. The van der Waals surface area contributed by atoms with Gasteiger partial charge in [0.05, 0.1) is 21.3 Å². The molecule has 0 atom stereocenters. The van der Waals surface area contributed by atoms with Crippen LogP contribution in [0.5, 0.6) is 11.5 Å². The van der Waals surface area contributed by atoms with E-state index in [1.807, 2.05) is 48.5 Å². The monoisotopic (exact) mass is 492 g/mol. The number of nitrogens with zero attached hydrogens (tertiary/aromatic N) is 1. The fourth-order valence-corrected chi connectivity index (χ4v) is 3.82. The van der Waals surface area contributed by atoms with Crippen LogP contribution in [0.1, 0.15) is 5.56 Å². The van der Waals surface area contributed by atoms with Gasteiger partial charge in [-0.1, -0.05) is 18.7 Å². The zero-order valence-electron chi connectivity index (χ0n) is 14.6. The standard InChI is InChI=1S/C20H17IN2O3S/c1-3-10-26-17-9-4-13(11-16(17)21)12-18-19(24)23-20(27-18)22-14-5-7-15(25-2)8-6-14/h3-9,11-12H,1,10H2,2H3,(H,22,23,24)/b18-12+. The molecule has 1 aliphatic heterocycles. The van der Waals surface area contributed by atoms with Crippen LogP contribution in [0.15, 0.2) is 65.0 Å². The van der Waals surface area contributed by atoms with Gasteiger partial charge < -0.3 is 14.8 Å². The van der Waals surface area contributed by atoms with Crippen LogP contribution in [0.25, 0.3) is 6.08 Å². The maximum atomic E-state index is 12.2. The van der Waals surface area contributed by atoms with Crippen LogP contribution in [-0.4, -0.2) is 24.8 Å². The molecule has 1 aliphatic rings. The molecule has 0 aromatic heterocycles. The van der Waals surface area contributed by atoms with Gasteiger partial charge in [0, 0.05) is 0 Å². The summed E-state index contributed by atoms with van der Waals surface area (Å²) in [4.78, 5) is 17.3. The lowest BCUT2D eigenvalue weighted by molar-refractivity contribution is -0.115. The maximum absolute atomic E-state index is 12.2. The SMILES string of the molecule is C=CCOc1ccc(/C=C2/SC(=Nc3ccc(OC)cc3)NC2=O)cc1I. The Morgan fingerprint density at radius 2 is 2.04 bits per heavy atom. The highest BCUT2D eigenvalue weighted by Crippen LogP contribution is 2.30. The second-order valence-electron chi connectivity index (χ2n) is 5.47. The number of methoxy groups -OCH3 is 1. The Balaban J connectivity index is 1.75. The predicted molar refractivity (Wildman–Crippen MR) is 119 cm³/mol. The molecule has 0 saturated carbocycles. The minimum absolute atomic E-state index is 0.158. The van der Waals surface area contributed by atoms with Crippen molar-refractivity contribution in [2.24, 2.45) is 4.99 Å². The van der Waals surface area contributed by atoms with Crippen molar-refractivity contribution in [3.05, 3.63) is 69.2 Å². The van der Waals surface area contributed by atoms with E-state index in [0.717, 1.165) is 26.3 Å². The number of halogens is 1. The summed E-state index contributed by atoms with van der Waals surface area (Å²) >= 11 is 3.53. The van der Waals surface area contributed by atoms with Crippen LogP contribution >= 0.6 is 34.4 Å². The van der Waals surface area contributed by atoms with Gasteiger partial charge >= 0.3 is 0 Å². The highest BCUT2D eigenvalue weighted by molar-refractivity contribution is 14.1. The Kier molecular flexibility index (Phi) is 6.57. The summed E-state index contributed by atoms with van der Waals surface area (Å²) in [5.74, 6) is 1.40. The van der Waals surface area contributed by atoms with Crippen molar-refractivity contribution in [3.8, 4) is 11.5 Å². The fraction of sp³-hybridized carbons (Fsp3) is 0.100. The van der Waals surface area contributed by atoms with Gasteiger partial charge in [-0.3, -0.25) is 4.79 Å². The van der Waals surface area contributed by atoms with E-state index in [1.54, 1.807) is 13.2 Å². The molecule has 2 aromatic rings. The summed E-state index contributed by atoms with van der Waals surface area (Å²) in [6, 6.07) is 13.1. The normalized spacial score (nSPS) is 16.4. The van der Waals surface area contributed by atoms with Crippen molar-refractivity contribution < 1.29 is 14.3 Å². The molecule has 1 saturated heterocycles. The minimum Gasteiger partial charge on any atom is -0.497 e. The summed E-state index contributed by atoms with van der Waals surface area (Å²) in [5.41, 5.74) is 1.67. The van der Waals surface area contributed by atoms with Crippen molar-refractivity contribution in [1.29, 1.82) is 0 Å². The molecule has 0 radical (unpaired) electrons. The first-order valence-corrected chi connectivity index (χ1v) is 9.95. The largest absolute Gasteiger partial charge is 0.497 e. The number of carbonyl (C=O) groups excluding carboxylic acids is 1. The number of amidine groups is 1. The van der Waals surface area contributed by atoms with Crippen molar-refractivity contribution in [1.82, 2.24) is 5.32 Å². The number of aliphatic imine (C=N–C) groups is 1. The fourth-order valence-electron chi connectivity index (χ4n) is 2.28. The van der Waals surface area contributed by atoms with Crippen molar-refractivity contribution in [2.45, 2.75) is 0 Å². The third kappa shape index (κ3) is 5.14. The van der Waals surface area contributed by atoms with Gasteiger partial charge in [0.1, 0.15) is 18.1 Å². The molecule has 2 aromatic carbocycles. The first-order valence-electron chi connectivity index (χ1n) is 8.06. The third-order valence-corrected chi connectivity index (χ3v) is 5.32. The van der Waals surface area contributed by atoms with E-state index in [0.29, 0.717) is 16.7 Å². The number of ether oxygens (including phenoxy) is 2. The van der Waals surface area contributed by atoms with Crippen molar-refractivity contribution >= 4 is 57.2 Å². The Morgan fingerprint density at radius 3 is 2.70 bits per heavy atom. The van der Waals surface area contributed by atoms with E-state index in [9.17, 15) is 4.79 Å². The van der Waals surface area contributed by atoms with E-state index in [1.165, 1.54) is 11.8 Å². The van der Waals surface area contributed by atoms with Crippen LogP contribution in [0, 0.1) is 3.57 Å². The molecule has 5 nitrogen and oxygen atoms in total. The molecule has 0 unspecified atom stereocenters. The highest BCUT2D eigenvalue weighted by Gasteiger charge is 2.23. The predicted octanol–water partition coefficient (Wildman–Crippen LogP) is 4.76. The number of carbonyl (C=O) groups is 1. The van der Waals surface area contributed by atoms with Gasteiger partial charge in [0.25, 0.3) is 5.91 Å². The van der Waals surface area contributed by atoms with Crippen LogP contribution < -0.4 is 14.8 Å². The molecular formula is C20H17IN2O3S. The Morgan fingerprint density at radius 1 is 1.26 bits per heavy atom. The van der Waals surface area contributed by atoms with Gasteiger partial charge in [-0.2, -0.15) is 0 Å². The molecule has 0 bridgehead atoms. The zero-order chi connectivity index (χ0) is 19.2. The summed E-state index contributed by atoms with van der Waals surface area (Å²) < 4.78 is 11.7. The lowest BCUT2D eigenvalue weighted by atomic mass is 10.2. The van der Waals surface area contributed by atoms with Crippen LogP contribution in [-0.2, 0) is 4.79 Å². The minimum atomic E-state index is -0.158. The van der Waals surface area contributed by atoms with Crippen LogP contribution in [0.2, 0.25) is 0 Å². The average Bonchev–Trinajstić information content (AvgIpc) is 3.00. The number of hydrogen-bond donors (Lipinski definition) is 1. The topological polar surface area (TPSA) is 59.9 Å². The molecular weight excluding hydrogens is 475 g/mol. The summed E-state index contributed by atoms with van der Waals surface area (Å²) in [6.07, 6.45) is 3.55. The molecule has 1 amide bonds. The molecule has 27 heavy (non-hydrogen) atoms. The third-order valence-electron chi connectivity index (χ3n) is 3.56. The Labute approximate surface area is 175 Å². The quantitative estimate of drug-likeness (QED) is 0.359. The molecule has 0 spiro atoms. The van der Waals surface area contributed by atoms with Gasteiger partial charge in [-0.15, -0.1) is 0 Å². The maximum Gasteiger partial charge on any atom is 0.264 e. The lowest BCUT2D eigenvalue weighted by Crippen LogP contribution is -2.19. The van der Waals surface area contributed by atoms with Gasteiger partial charge in [-0.25, -0.2) is 4.99 Å². The molecule has 1 heterocycles. The zero-order valence-corrected chi connectivity index (χ0v) is 17.5. The lowest BCUT2D eigenvalue weighted by Gasteiger charge is -2.06. The first kappa shape index (κ1) is 19.5. The number of thioether (sulfide) groups is 1. The van der Waals surface area contributed by atoms with Gasteiger partial charge in [-0.05, 0) is 82.4 Å². The molecule has 1 fully saturated rings.